The van der Waals surface area contributed by atoms with E-state index in [1.54, 1.807) is 24.9 Å². The Hall–Kier alpha value is 0.110. The Kier molecular flexibility index (Phi) is 5.71. The van der Waals surface area contributed by atoms with Gasteiger partial charge in [0.15, 0.2) is 0 Å². The number of thioether (sulfide) groups is 1. The Balaban J connectivity index is 2.45. The molecule has 0 N–H and O–H groups in total. The maximum atomic E-state index is 6.00. The lowest BCUT2D eigenvalue weighted by atomic mass is 10.4. The van der Waals surface area contributed by atoms with Gasteiger partial charge < -0.3 is 4.74 Å². The quantitative estimate of drug-likeness (QED) is 0.575. The van der Waals surface area contributed by atoms with Gasteiger partial charge in [0.05, 0.1) is 5.02 Å². The molecule has 14 heavy (non-hydrogen) atoms. The van der Waals surface area contributed by atoms with Crippen LogP contribution in [0.15, 0.2) is 23.1 Å². The number of hydrogen-bond acceptors (Lipinski definition) is 2. The lowest BCUT2D eigenvalue weighted by molar-refractivity contribution is 0.200. The Morgan fingerprint density at radius 1 is 1.36 bits per heavy atom. The zero-order valence-corrected chi connectivity index (χ0v) is 10.3. The van der Waals surface area contributed by atoms with Crippen molar-refractivity contribution in [1.29, 1.82) is 0 Å². The SMILES string of the molecule is COCCCSc1cc(Cl)ccc1Cl. The molecule has 0 heterocycles. The van der Waals surface area contributed by atoms with E-state index in [4.69, 9.17) is 27.9 Å². The van der Waals surface area contributed by atoms with Crippen LogP contribution in [0.25, 0.3) is 0 Å². The molecule has 1 aromatic rings. The fourth-order valence-corrected chi connectivity index (χ4v) is 2.39. The average Bonchev–Trinajstić information content (AvgIpc) is 2.18. The molecule has 78 valence electrons. The molecule has 0 fully saturated rings. The van der Waals surface area contributed by atoms with Crippen molar-refractivity contribution < 1.29 is 4.74 Å². The van der Waals surface area contributed by atoms with E-state index in [2.05, 4.69) is 0 Å². The zero-order chi connectivity index (χ0) is 10.4. The molecule has 4 heteroatoms. The van der Waals surface area contributed by atoms with Gasteiger partial charge in [0.1, 0.15) is 0 Å². The molecule has 0 spiro atoms. The minimum absolute atomic E-state index is 0.726. The summed E-state index contributed by atoms with van der Waals surface area (Å²) in [6, 6.07) is 5.51. The van der Waals surface area contributed by atoms with Crippen LogP contribution in [0, 0.1) is 0 Å². The van der Waals surface area contributed by atoms with Crippen LogP contribution in [0.4, 0.5) is 0 Å². The summed E-state index contributed by atoms with van der Waals surface area (Å²) < 4.78 is 4.96. The number of ether oxygens (including phenoxy) is 1. The lowest BCUT2D eigenvalue weighted by Gasteiger charge is -2.04. The highest BCUT2D eigenvalue weighted by Crippen LogP contribution is 2.30. The molecule has 0 atom stereocenters. The maximum absolute atomic E-state index is 6.00. The number of methoxy groups -OCH3 is 1. The van der Waals surface area contributed by atoms with Crippen molar-refractivity contribution in [2.45, 2.75) is 11.3 Å². The van der Waals surface area contributed by atoms with Crippen molar-refractivity contribution in [3.05, 3.63) is 28.2 Å². The van der Waals surface area contributed by atoms with Crippen molar-refractivity contribution in [1.82, 2.24) is 0 Å². The molecule has 0 aliphatic heterocycles. The van der Waals surface area contributed by atoms with Crippen molar-refractivity contribution in [2.75, 3.05) is 19.5 Å². The van der Waals surface area contributed by atoms with Crippen molar-refractivity contribution >= 4 is 35.0 Å². The van der Waals surface area contributed by atoms with Crippen LogP contribution in [0.3, 0.4) is 0 Å². The molecule has 0 radical (unpaired) electrons. The molecule has 0 saturated carbocycles. The largest absolute Gasteiger partial charge is 0.385 e. The first-order valence-electron chi connectivity index (χ1n) is 4.31. The van der Waals surface area contributed by atoms with E-state index in [9.17, 15) is 0 Å². The highest BCUT2D eigenvalue weighted by atomic mass is 35.5. The Labute approximate surface area is 98.7 Å². The first kappa shape index (κ1) is 12.2. The van der Waals surface area contributed by atoms with Gasteiger partial charge in [-0.25, -0.2) is 0 Å². The van der Waals surface area contributed by atoms with Crippen molar-refractivity contribution in [3.63, 3.8) is 0 Å². The second-order valence-corrected chi connectivity index (χ2v) is 4.75. The lowest BCUT2D eigenvalue weighted by Crippen LogP contribution is -1.90. The van der Waals surface area contributed by atoms with Gasteiger partial charge in [-0.1, -0.05) is 23.2 Å². The van der Waals surface area contributed by atoms with E-state index in [1.807, 2.05) is 12.1 Å². The average molecular weight is 251 g/mol. The fraction of sp³-hybridized carbons (Fsp3) is 0.400. The molecule has 0 saturated heterocycles. The molecule has 0 amide bonds. The standard InChI is InChI=1S/C10H12Cl2OS/c1-13-5-2-6-14-10-7-8(11)3-4-9(10)12/h3-4,7H,2,5-6H2,1H3. The summed E-state index contributed by atoms with van der Waals surface area (Å²) in [5, 5.41) is 1.49. The van der Waals surface area contributed by atoms with Crippen molar-refractivity contribution in [3.8, 4) is 0 Å². The van der Waals surface area contributed by atoms with Crippen LogP contribution >= 0.6 is 35.0 Å². The summed E-state index contributed by atoms with van der Waals surface area (Å²) >= 11 is 13.6. The third kappa shape index (κ3) is 4.09. The third-order valence-corrected chi connectivity index (χ3v) is 3.46. The molecule has 1 nitrogen and oxygen atoms in total. The summed E-state index contributed by atoms with van der Waals surface area (Å²) in [6.07, 6.45) is 1.02. The van der Waals surface area contributed by atoms with E-state index >= 15 is 0 Å². The number of hydrogen-bond donors (Lipinski definition) is 0. The van der Waals surface area contributed by atoms with E-state index in [1.165, 1.54) is 0 Å². The van der Waals surface area contributed by atoms with Crippen LogP contribution < -0.4 is 0 Å². The molecule has 1 rings (SSSR count). The summed E-state index contributed by atoms with van der Waals surface area (Å²) in [5.74, 6) is 0.994. The smallest absolute Gasteiger partial charge is 0.0542 e. The minimum atomic E-state index is 0.726. The van der Waals surface area contributed by atoms with E-state index in [-0.39, 0.29) is 0 Å². The zero-order valence-electron chi connectivity index (χ0n) is 7.93. The second kappa shape index (κ2) is 6.57. The highest BCUT2D eigenvalue weighted by molar-refractivity contribution is 7.99. The van der Waals surface area contributed by atoms with Gasteiger partial charge in [0.2, 0.25) is 0 Å². The van der Waals surface area contributed by atoms with E-state index in [0.717, 1.165) is 33.7 Å². The molecule has 1 aromatic carbocycles. The number of halogens is 2. The van der Waals surface area contributed by atoms with Gasteiger partial charge in [-0.05, 0) is 24.6 Å². The number of rotatable bonds is 5. The molecular weight excluding hydrogens is 239 g/mol. The summed E-state index contributed by atoms with van der Waals surface area (Å²) in [6.45, 7) is 0.783. The van der Waals surface area contributed by atoms with Gasteiger partial charge in [-0.15, -0.1) is 11.8 Å². The Morgan fingerprint density at radius 3 is 2.86 bits per heavy atom. The fourth-order valence-electron chi connectivity index (χ4n) is 0.973. The first-order valence-corrected chi connectivity index (χ1v) is 6.05. The normalized spacial score (nSPS) is 10.5. The molecule has 0 aromatic heterocycles. The molecule has 0 aliphatic rings. The van der Waals surface area contributed by atoms with Crippen LogP contribution in [0.1, 0.15) is 6.42 Å². The van der Waals surface area contributed by atoms with Gasteiger partial charge in [-0.3, -0.25) is 0 Å². The van der Waals surface area contributed by atoms with Crippen LogP contribution in [-0.2, 0) is 4.74 Å². The van der Waals surface area contributed by atoms with Crippen LogP contribution in [0.5, 0.6) is 0 Å². The second-order valence-electron chi connectivity index (χ2n) is 2.77. The predicted molar refractivity (Wildman–Crippen MR) is 63.7 cm³/mol. The minimum Gasteiger partial charge on any atom is -0.385 e. The maximum Gasteiger partial charge on any atom is 0.0542 e. The predicted octanol–water partition coefficient (Wildman–Crippen LogP) is 4.12. The molecule has 0 unspecified atom stereocenters. The monoisotopic (exact) mass is 250 g/mol. The van der Waals surface area contributed by atoms with Gasteiger partial charge in [-0.2, -0.15) is 0 Å². The highest BCUT2D eigenvalue weighted by Gasteiger charge is 2.01. The third-order valence-electron chi connectivity index (χ3n) is 1.64. The number of benzene rings is 1. The Morgan fingerprint density at radius 2 is 2.14 bits per heavy atom. The first-order chi connectivity index (χ1) is 6.74. The topological polar surface area (TPSA) is 9.23 Å². The van der Waals surface area contributed by atoms with E-state index in [0.29, 0.717) is 0 Å². The Bertz CT molecular complexity index is 291. The van der Waals surface area contributed by atoms with Crippen LogP contribution in [0.2, 0.25) is 10.0 Å². The molecule has 0 bridgehead atoms. The van der Waals surface area contributed by atoms with Crippen molar-refractivity contribution in [2.24, 2.45) is 0 Å². The van der Waals surface area contributed by atoms with Crippen LogP contribution in [-0.4, -0.2) is 19.5 Å². The molecule has 0 aliphatic carbocycles. The summed E-state index contributed by atoms with van der Waals surface area (Å²) in [5.41, 5.74) is 0. The van der Waals surface area contributed by atoms with Gasteiger partial charge >= 0.3 is 0 Å². The summed E-state index contributed by atoms with van der Waals surface area (Å²) in [7, 11) is 1.71. The summed E-state index contributed by atoms with van der Waals surface area (Å²) in [4.78, 5) is 1.04. The molecular formula is C10H12Cl2OS. The van der Waals surface area contributed by atoms with Gasteiger partial charge in [0, 0.05) is 29.4 Å². The van der Waals surface area contributed by atoms with E-state index < -0.39 is 0 Å². The van der Waals surface area contributed by atoms with Gasteiger partial charge in [0.25, 0.3) is 0 Å².